The third-order valence-electron chi connectivity index (χ3n) is 5.67. The van der Waals surface area contributed by atoms with Crippen molar-refractivity contribution in [3.05, 3.63) is 76.8 Å². The Morgan fingerprint density at radius 1 is 0.962 bits per heavy atom. The maximum Gasteiger partial charge on any atom is 0.113 e. The molecular formula is C24H25NO. The van der Waals surface area contributed by atoms with Gasteiger partial charge in [-0.25, -0.2) is 4.98 Å². The summed E-state index contributed by atoms with van der Waals surface area (Å²) in [6.07, 6.45) is 5.51. The van der Waals surface area contributed by atoms with E-state index in [9.17, 15) is 0 Å². The average molecular weight is 343 g/mol. The Kier molecular flexibility index (Phi) is 4.50. The molecule has 0 N–H and O–H groups in total. The Labute approximate surface area is 154 Å². The first-order valence-electron chi connectivity index (χ1n) is 9.51. The average Bonchev–Trinajstić information content (AvgIpc) is 2.71. The van der Waals surface area contributed by atoms with Gasteiger partial charge in [0.2, 0.25) is 0 Å². The number of rotatable bonds is 5. The van der Waals surface area contributed by atoms with Crippen molar-refractivity contribution in [3.8, 4) is 0 Å². The first kappa shape index (κ1) is 16.8. The normalized spacial score (nSPS) is 15.4. The molecule has 26 heavy (non-hydrogen) atoms. The lowest BCUT2D eigenvalue weighted by Crippen LogP contribution is -2.39. The molecule has 1 heterocycles. The molecule has 132 valence electrons. The molecule has 0 unspecified atom stereocenters. The number of ether oxygens (including phenoxy) is 1. The summed E-state index contributed by atoms with van der Waals surface area (Å²) in [5, 5.41) is 3.39. The van der Waals surface area contributed by atoms with Crippen molar-refractivity contribution >= 4 is 22.7 Å². The molecule has 2 aromatic carbocycles. The molecule has 3 aromatic rings. The van der Waals surface area contributed by atoms with E-state index in [4.69, 9.17) is 9.72 Å². The topological polar surface area (TPSA) is 22.1 Å². The summed E-state index contributed by atoms with van der Waals surface area (Å²) in [6.45, 7) is 5.13. The molecule has 1 aliphatic carbocycles. The van der Waals surface area contributed by atoms with Crippen LogP contribution in [0.4, 0.5) is 0 Å². The molecule has 0 amide bonds. The number of hydrogen-bond acceptors (Lipinski definition) is 2. The van der Waals surface area contributed by atoms with Gasteiger partial charge in [0, 0.05) is 17.0 Å². The van der Waals surface area contributed by atoms with Crippen molar-refractivity contribution in [3.63, 3.8) is 0 Å². The van der Waals surface area contributed by atoms with Gasteiger partial charge >= 0.3 is 0 Å². The summed E-state index contributed by atoms with van der Waals surface area (Å²) in [7, 11) is 0. The van der Waals surface area contributed by atoms with Crippen molar-refractivity contribution in [2.45, 2.75) is 39.7 Å². The molecule has 0 radical (unpaired) electrons. The molecule has 4 rings (SSSR count). The van der Waals surface area contributed by atoms with Crippen molar-refractivity contribution in [1.29, 1.82) is 0 Å². The Morgan fingerprint density at radius 3 is 2.46 bits per heavy atom. The number of aromatic nitrogens is 1. The van der Waals surface area contributed by atoms with Crippen LogP contribution in [0.3, 0.4) is 0 Å². The summed E-state index contributed by atoms with van der Waals surface area (Å²) in [5.74, 6) is 1.08. The molecule has 2 nitrogen and oxygen atoms in total. The van der Waals surface area contributed by atoms with Crippen molar-refractivity contribution in [1.82, 2.24) is 4.98 Å². The van der Waals surface area contributed by atoms with Crippen LogP contribution < -0.4 is 10.6 Å². The second kappa shape index (κ2) is 6.95. The fourth-order valence-corrected chi connectivity index (χ4v) is 3.80. The second-order valence-electron chi connectivity index (χ2n) is 7.20. The van der Waals surface area contributed by atoms with E-state index in [1.807, 2.05) is 12.1 Å². The molecule has 0 atom stereocenters. The van der Waals surface area contributed by atoms with Crippen LogP contribution in [0.25, 0.3) is 22.7 Å². The van der Waals surface area contributed by atoms with Gasteiger partial charge < -0.3 is 4.74 Å². The molecule has 0 bridgehead atoms. The molecule has 0 spiro atoms. The van der Waals surface area contributed by atoms with Gasteiger partial charge in [0.15, 0.2) is 0 Å². The third-order valence-corrected chi connectivity index (χ3v) is 5.67. The SMILES string of the molecule is CCC1(CC)C=c2nc3ccccc3cc2=C(OCc2ccccc2)C1. The zero-order chi connectivity index (χ0) is 18.0. The summed E-state index contributed by atoms with van der Waals surface area (Å²) in [5.41, 5.74) is 2.38. The van der Waals surface area contributed by atoms with Gasteiger partial charge in [-0.05, 0) is 36.0 Å². The molecule has 2 heteroatoms. The summed E-state index contributed by atoms with van der Waals surface area (Å²) < 4.78 is 6.36. The minimum absolute atomic E-state index is 0.133. The first-order valence-corrected chi connectivity index (χ1v) is 9.51. The highest BCUT2D eigenvalue weighted by Crippen LogP contribution is 2.37. The van der Waals surface area contributed by atoms with Crippen LogP contribution in [-0.4, -0.2) is 4.98 Å². The standard InChI is InChI=1S/C24H25NO/c1-3-24(4-2)15-22-20(14-19-12-8-9-13-21(19)25-22)23(16-24)26-17-18-10-6-5-7-11-18/h5-15H,3-4,16-17H2,1-2H3. The summed E-state index contributed by atoms with van der Waals surface area (Å²) in [4.78, 5) is 4.96. The van der Waals surface area contributed by atoms with Crippen LogP contribution in [0.1, 0.15) is 38.7 Å². The van der Waals surface area contributed by atoms with E-state index in [-0.39, 0.29) is 5.41 Å². The number of para-hydroxylation sites is 1. The predicted molar refractivity (Wildman–Crippen MR) is 108 cm³/mol. The van der Waals surface area contributed by atoms with Gasteiger partial charge in [0.05, 0.1) is 10.9 Å². The molecule has 0 aliphatic heterocycles. The highest BCUT2D eigenvalue weighted by Gasteiger charge is 2.29. The van der Waals surface area contributed by atoms with E-state index in [0.29, 0.717) is 6.61 Å². The van der Waals surface area contributed by atoms with Crippen LogP contribution in [0.15, 0.2) is 60.7 Å². The first-order chi connectivity index (χ1) is 12.7. The van der Waals surface area contributed by atoms with Crippen LogP contribution in [0.5, 0.6) is 0 Å². The lowest BCUT2D eigenvalue weighted by Gasteiger charge is -2.31. The summed E-state index contributed by atoms with van der Waals surface area (Å²) >= 11 is 0. The number of benzene rings is 2. The zero-order valence-corrected chi connectivity index (χ0v) is 15.5. The van der Waals surface area contributed by atoms with Gasteiger partial charge in [0.1, 0.15) is 12.4 Å². The lowest BCUT2D eigenvalue weighted by molar-refractivity contribution is 0.224. The number of nitrogens with zero attached hydrogens (tertiary/aromatic N) is 1. The highest BCUT2D eigenvalue weighted by atomic mass is 16.5. The van der Waals surface area contributed by atoms with Crippen LogP contribution >= 0.6 is 0 Å². The summed E-state index contributed by atoms with van der Waals surface area (Å²) in [6, 6.07) is 20.9. The smallest absolute Gasteiger partial charge is 0.113 e. The molecule has 0 saturated carbocycles. The second-order valence-corrected chi connectivity index (χ2v) is 7.20. The van der Waals surface area contributed by atoms with E-state index < -0.39 is 0 Å². The fraction of sp³-hybridized carbons (Fsp3) is 0.292. The monoisotopic (exact) mass is 343 g/mol. The van der Waals surface area contributed by atoms with Crippen LogP contribution in [0.2, 0.25) is 0 Å². The third kappa shape index (κ3) is 3.12. The van der Waals surface area contributed by atoms with E-state index in [1.165, 1.54) is 10.9 Å². The maximum absolute atomic E-state index is 6.36. The molecular weight excluding hydrogens is 318 g/mol. The molecule has 1 aromatic heterocycles. The zero-order valence-electron chi connectivity index (χ0n) is 15.5. The van der Waals surface area contributed by atoms with Crippen molar-refractivity contribution in [2.75, 3.05) is 0 Å². The Hall–Kier alpha value is -2.61. The Bertz CT molecular complexity index is 1030. The highest BCUT2D eigenvalue weighted by molar-refractivity contribution is 5.79. The predicted octanol–water partition coefficient (Wildman–Crippen LogP) is 4.55. The van der Waals surface area contributed by atoms with Gasteiger partial charge in [-0.3, -0.25) is 0 Å². The van der Waals surface area contributed by atoms with Crippen LogP contribution in [0, 0.1) is 5.41 Å². The quantitative estimate of drug-likeness (QED) is 0.678. The van der Waals surface area contributed by atoms with E-state index in [1.54, 1.807) is 0 Å². The molecule has 0 saturated heterocycles. The maximum atomic E-state index is 6.36. The lowest BCUT2D eigenvalue weighted by atomic mass is 9.76. The number of fused-ring (bicyclic) bond motifs is 2. The minimum Gasteiger partial charge on any atom is -0.493 e. The van der Waals surface area contributed by atoms with E-state index >= 15 is 0 Å². The van der Waals surface area contributed by atoms with E-state index in [0.717, 1.165) is 41.1 Å². The van der Waals surface area contributed by atoms with Gasteiger partial charge in [-0.2, -0.15) is 0 Å². The van der Waals surface area contributed by atoms with Crippen molar-refractivity contribution in [2.24, 2.45) is 5.41 Å². The van der Waals surface area contributed by atoms with Crippen molar-refractivity contribution < 1.29 is 4.74 Å². The fourth-order valence-electron chi connectivity index (χ4n) is 3.80. The number of hydrogen-bond donors (Lipinski definition) is 0. The van der Waals surface area contributed by atoms with Crippen LogP contribution in [-0.2, 0) is 11.3 Å². The molecule has 0 fully saturated rings. The van der Waals surface area contributed by atoms with Gasteiger partial charge in [0.25, 0.3) is 0 Å². The van der Waals surface area contributed by atoms with Gasteiger partial charge in [-0.15, -0.1) is 0 Å². The molecule has 1 aliphatic rings. The van der Waals surface area contributed by atoms with E-state index in [2.05, 4.69) is 68.5 Å². The minimum atomic E-state index is 0.133. The Balaban J connectivity index is 1.85. The Morgan fingerprint density at radius 2 is 1.69 bits per heavy atom. The van der Waals surface area contributed by atoms with Gasteiger partial charge in [-0.1, -0.05) is 68.5 Å². The number of pyridine rings is 1. The largest absolute Gasteiger partial charge is 0.493 e.